The van der Waals surface area contributed by atoms with Crippen molar-refractivity contribution in [1.29, 1.82) is 0 Å². The third kappa shape index (κ3) is 4.95. The van der Waals surface area contributed by atoms with Crippen molar-refractivity contribution in [2.24, 2.45) is 5.10 Å². The summed E-state index contributed by atoms with van der Waals surface area (Å²) < 4.78 is 18.9. The Morgan fingerprint density at radius 3 is 2.62 bits per heavy atom. The highest BCUT2D eigenvalue weighted by Gasteiger charge is 2.11. The van der Waals surface area contributed by atoms with Crippen LogP contribution in [0.3, 0.4) is 0 Å². The van der Waals surface area contributed by atoms with E-state index in [0.717, 1.165) is 16.3 Å². The van der Waals surface area contributed by atoms with Gasteiger partial charge in [-0.3, -0.25) is 9.59 Å². The van der Waals surface area contributed by atoms with Crippen molar-refractivity contribution in [2.45, 2.75) is 6.42 Å². The van der Waals surface area contributed by atoms with Gasteiger partial charge in [-0.25, -0.2) is 9.82 Å². The van der Waals surface area contributed by atoms with E-state index in [1.165, 1.54) is 24.4 Å². The van der Waals surface area contributed by atoms with Crippen LogP contribution in [0.15, 0.2) is 65.8 Å². The number of methoxy groups -OCH3 is 1. The third-order valence-corrected chi connectivity index (χ3v) is 4.29. The number of carbonyl (C=O) groups is 2. The number of hydrazone groups is 1. The molecule has 6 nitrogen and oxygen atoms in total. The van der Waals surface area contributed by atoms with Crippen LogP contribution in [0.4, 0.5) is 4.39 Å². The highest BCUT2D eigenvalue weighted by Crippen LogP contribution is 2.26. The number of fused-ring (bicyclic) bond motifs is 1. The molecule has 148 valence electrons. The average molecular weight is 393 g/mol. The molecule has 3 aromatic rings. The Hall–Kier alpha value is -3.74. The Bertz CT molecular complexity index is 1070. The minimum atomic E-state index is -0.608. The molecule has 0 bridgehead atoms. The number of rotatable bonds is 7. The first-order chi connectivity index (χ1) is 14.1. The van der Waals surface area contributed by atoms with E-state index in [9.17, 15) is 14.0 Å². The van der Waals surface area contributed by atoms with Crippen LogP contribution < -0.4 is 15.5 Å². The minimum Gasteiger partial charge on any atom is -0.496 e. The molecule has 0 aromatic heterocycles. The lowest BCUT2D eigenvalue weighted by Crippen LogP contribution is -2.29. The molecule has 0 atom stereocenters. The van der Waals surface area contributed by atoms with E-state index in [1.54, 1.807) is 13.2 Å². The number of amides is 2. The first-order valence-electron chi connectivity index (χ1n) is 9.00. The number of ether oxygens (including phenoxy) is 1. The second kappa shape index (κ2) is 9.45. The Labute approximate surface area is 167 Å². The summed E-state index contributed by atoms with van der Waals surface area (Å²) in [6, 6.07) is 17.2. The van der Waals surface area contributed by atoms with Crippen LogP contribution in [-0.2, 0) is 4.79 Å². The van der Waals surface area contributed by atoms with Crippen LogP contribution >= 0.6 is 0 Å². The van der Waals surface area contributed by atoms with E-state index in [2.05, 4.69) is 15.8 Å². The molecule has 7 heteroatoms. The van der Waals surface area contributed by atoms with Gasteiger partial charge >= 0.3 is 0 Å². The van der Waals surface area contributed by atoms with Gasteiger partial charge < -0.3 is 10.1 Å². The number of halogens is 1. The number of carbonyl (C=O) groups excluding carboxylic acids is 2. The third-order valence-electron chi connectivity index (χ3n) is 4.29. The van der Waals surface area contributed by atoms with Crippen molar-refractivity contribution < 1.29 is 18.7 Å². The molecule has 0 saturated heterocycles. The van der Waals surface area contributed by atoms with Crippen LogP contribution in [0.1, 0.15) is 22.3 Å². The Balaban J connectivity index is 1.56. The van der Waals surface area contributed by atoms with Crippen molar-refractivity contribution in [2.75, 3.05) is 13.7 Å². The SMILES string of the molecule is COc1ccc2ccccc2c1C=NNC(=O)CCNC(=O)c1ccccc1F. The van der Waals surface area contributed by atoms with Crippen molar-refractivity contribution in [3.05, 3.63) is 77.6 Å². The monoisotopic (exact) mass is 393 g/mol. The molecule has 2 amide bonds. The van der Waals surface area contributed by atoms with Crippen LogP contribution in [-0.4, -0.2) is 31.7 Å². The van der Waals surface area contributed by atoms with Crippen molar-refractivity contribution in [1.82, 2.24) is 10.7 Å². The molecular weight excluding hydrogens is 373 g/mol. The van der Waals surface area contributed by atoms with Gasteiger partial charge in [0.1, 0.15) is 11.6 Å². The van der Waals surface area contributed by atoms with E-state index in [4.69, 9.17) is 4.74 Å². The van der Waals surface area contributed by atoms with E-state index < -0.39 is 11.7 Å². The molecule has 3 rings (SSSR count). The second-order valence-corrected chi connectivity index (χ2v) is 6.18. The molecule has 0 spiro atoms. The first kappa shape index (κ1) is 20.0. The van der Waals surface area contributed by atoms with Crippen LogP contribution in [0.2, 0.25) is 0 Å². The molecule has 0 unspecified atom stereocenters. The molecule has 29 heavy (non-hydrogen) atoms. The maximum Gasteiger partial charge on any atom is 0.254 e. The van der Waals surface area contributed by atoms with Crippen molar-refractivity contribution in [3.63, 3.8) is 0 Å². The molecular formula is C22H20FN3O3. The Morgan fingerprint density at radius 1 is 1.07 bits per heavy atom. The summed E-state index contributed by atoms with van der Waals surface area (Å²) in [4.78, 5) is 23.9. The largest absolute Gasteiger partial charge is 0.496 e. The smallest absolute Gasteiger partial charge is 0.254 e. The van der Waals surface area contributed by atoms with Gasteiger partial charge in [0.15, 0.2) is 0 Å². The molecule has 0 saturated carbocycles. The van der Waals surface area contributed by atoms with Gasteiger partial charge in [-0.2, -0.15) is 5.10 Å². The van der Waals surface area contributed by atoms with E-state index in [0.29, 0.717) is 5.75 Å². The number of hydrogen-bond acceptors (Lipinski definition) is 4. The predicted molar refractivity (Wildman–Crippen MR) is 110 cm³/mol. The molecule has 0 heterocycles. The summed E-state index contributed by atoms with van der Waals surface area (Å²) in [5.74, 6) is -0.920. The fourth-order valence-corrected chi connectivity index (χ4v) is 2.84. The summed E-state index contributed by atoms with van der Waals surface area (Å²) in [6.45, 7) is 0.0616. The van der Waals surface area contributed by atoms with Gasteiger partial charge in [-0.15, -0.1) is 0 Å². The summed E-state index contributed by atoms with van der Waals surface area (Å²) in [5.41, 5.74) is 3.11. The maximum atomic E-state index is 13.6. The topological polar surface area (TPSA) is 79.8 Å². The van der Waals surface area contributed by atoms with Crippen LogP contribution in [0.5, 0.6) is 5.75 Å². The van der Waals surface area contributed by atoms with Gasteiger partial charge in [0, 0.05) is 18.5 Å². The van der Waals surface area contributed by atoms with Crippen molar-refractivity contribution in [3.8, 4) is 5.75 Å². The molecule has 2 N–H and O–H groups in total. The summed E-state index contributed by atoms with van der Waals surface area (Å²) in [6.07, 6.45) is 1.53. The fraction of sp³-hybridized carbons (Fsp3) is 0.136. The van der Waals surface area contributed by atoms with E-state index in [-0.39, 0.29) is 24.4 Å². The average Bonchev–Trinajstić information content (AvgIpc) is 2.74. The quantitative estimate of drug-likeness (QED) is 0.478. The highest BCUT2D eigenvalue weighted by molar-refractivity contribution is 6.02. The van der Waals surface area contributed by atoms with Gasteiger partial charge in [0.25, 0.3) is 5.91 Å². The molecule has 0 radical (unpaired) electrons. The number of benzene rings is 3. The van der Waals surface area contributed by atoms with Crippen LogP contribution in [0.25, 0.3) is 10.8 Å². The van der Waals surface area contributed by atoms with Gasteiger partial charge in [-0.05, 0) is 29.0 Å². The zero-order valence-corrected chi connectivity index (χ0v) is 15.8. The predicted octanol–water partition coefficient (Wildman–Crippen LogP) is 3.26. The van der Waals surface area contributed by atoms with Gasteiger partial charge in [0.2, 0.25) is 5.91 Å². The fourth-order valence-electron chi connectivity index (χ4n) is 2.84. The zero-order chi connectivity index (χ0) is 20.6. The minimum absolute atomic E-state index is 0.00417. The maximum absolute atomic E-state index is 13.6. The summed E-state index contributed by atoms with van der Waals surface area (Å²) in [7, 11) is 1.57. The zero-order valence-electron chi connectivity index (χ0n) is 15.8. The van der Waals surface area contributed by atoms with E-state index in [1.807, 2.05) is 36.4 Å². The lowest BCUT2D eigenvalue weighted by atomic mass is 10.0. The van der Waals surface area contributed by atoms with Crippen LogP contribution in [0, 0.1) is 5.82 Å². The number of nitrogens with zero attached hydrogens (tertiary/aromatic N) is 1. The molecule has 0 aliphatic carbocycles. The highest BCUT2D eigenvalue weighted by atomic mass is 19.1. The van der Waals surface area contributed by atoms with Crippen molar-refractivity contribution >= 4 is 28.8 Å². The molecule has 3 aromatic carbocycles. The standard InChI is InChI=1S/C22H20FN3O3/c1-29-20-11-10-15-6-2-3-7-16(15)18(20)14-25-26-21(27)12-13-24-22(28)17-8-4-5-9-19(17)23/h2-11,14H,12-13H2,1H3,(H,24,28)(H,26,27). The van der Waals surface area contributed by atoms with Gasteiger partial charge in [0.05, 0.1) is 18.9 Å². The lowest BCUT2D eigenvalue weighted by molar-refractivity contribution is -0.120. The number of hydrogen-bond donors (Lipinski definition) is 2. The van der Waals surface area contributed by atoms with E-state index >= 15 is 0 Å². The molecule has 0 aliphatic heterocycles. The summed E-state index contributed by atoms with van der Waals surface area (Å²) >= 11 is 0. The first-order valence-corrected chi connectivity index (χ1v) is 9.00. The number of nitrogens with one attached hydrogen (secondary N) is 2. The molecule has 0 fully saturated rings. The Morgan fingerprint density at radius 2 is 1.83 bits per heavy atom. The lowest BCUT2D eigenvalue weighted by Gasteiger charge is -2.08. The Kier molecular flexibility index (Phi) is 6.52. The normalized spacial score (nSPS) is 10.8. The summed E-state index contributed by atoms with van der Waals surface area (Å²) in [5, 5.41) is 8.47. The molecule has 0 aliphatic rings. The second-order valence-electron chi connectivity index (χ2n) is 6.18. The van der Waals surface area contributed by atoms with Gasteiger partial charge in [-0.1, -0.05) is 42.5 Å².